The Morgan fingerprint density at radius 3 is 2.43 bits per heavy atom. The summed E-state index contributed by atoms with van der Waals surface area (Å²) in [7, 11) is 2.05. The molecule has 0 saturated carbocycles. The van der Waals surface area contributed by atoms with Gasteiger partial charge in [-0.25, -0.2) is 9.78 Å². The van der Waals surface area contributed by atoms with E-state index in [4.69, 9.17) is 9.72 Å². The van der Waals surface area contributed by atoms with Gasteiger partial charge in [0.25, 0.3) is 0 Å². The number of piperidine rings is 1. The van der Waals surface area contributed by atoms with Gasteiger partial charge in [-0.05, 0) is 64.3 Å². The number of ether oxygens (including phenoxy) is 1. The number of nitrogens with zero attached hydrogens (tertiary/aromatic N) is 5. The van der Waals surface area contributed by atoms with Gasteiger partial charge in [0.05, 0.1) is 11.0 Å². The maximum Gasteiger partial charge on any atom is 0.410 e. The second-order valence-electron chi connectivity index (χ2n) is 11.0. The molecule has 37 heavy (non-hydrogen) atoms. The molecule has 8 nitrogen and oxygen atoms in total. The zero-order valence-corrected chi connectivity index (χ0v) is 22.3. The molecule has 2 amide bonds. The first-order valence-electron chi connectivity index (χ1n) is 13.3. The van der Waals surface area contributed by atoms with Gasteiger partial charge >= 0.3 is 6.09 Å². The summed E-state index contributed by atoms with van der Waals surface area (Å²) in [5.74, 6) is 0.982. The summed E-state index contributed by atoms with van der Waals surface area (Å²) >= 11 is 0. The van der Waals surface area contributed by atoms with Crippen LogP contribution in [0.15, 0.2) is 48.5 Å². The van der Waals surface area contributed by atoms with Crippen LogP contribution >= 0.6 is 0 Å². The van der Waals surface area contributed by atoms with E-state index in [-0.39, 0.29) is 12.0 Å². The molecule has 3 heterocycles. The number of aryl methyl sites for hydroxylation is 1. The molecule has 0 bridgehead atoms. The number of hydrogen-bond donors (Lipinski definition) is 0. The molecule has 3 aromatic rings. The van der Waals surface area contributed by atoms with Crippen LogP contribution in [0.3, 0.4) is 0 Å². The van der Waals surface area contributed by atoms with Crippen LogP contribution in [0, 0.1) is 0 Å². The number of amides is 2. The smallest absolute Gasteiger partial charge is 0.410 e. The molecule has 1 atom stereocenters. The topological polar surface area (TPSA) is 70.9 Å². The minimum absolute atomic E-state index is 0.0404. The maximum absolute atomic E-state index is 13.5. The van der Waals surface area contributed by atoms with E-state index in [9.17, 15) is 9.59 Å². The molecule has 8 heteroatoms. The third kappa shape index (κ3) is 5.29. The molecule has 196 valence electrons. The fourth-order valence-electron chi connectivity index (χ4n) is 5.37. The average Bonchev–Trinajstić information content (AvgIpc) is 3.24. The van der Waals surface area contributed by atoms with Gasteiger partial charge in [0, 0.05) is 51.0 Å². The van der Waals surface area contributed by atoms with Gasteiger partial charge in [-0.1, -0.05) is 24.3 Å². The normalized spacial score (nSPS) is 18.8. The third-order valence-corrected chi connectivity index (χ3v) is 7.26. The predicted molar refractivity (Wildman–Crippen MR) is 146 cm³/mol. The number of benzene rings is 2. The Morgan fingerprint density at radius 1 is 0.946 bits per heavy atom. The summed E-state index contributed by atoms with van der Waals surface area (Å²) in [4.78, 5) is 37.0. The van der Waals surface area contributed by atoms with Crippen molar-refractivity contribution in [1.82, 2.24) is 19.4 Å². The highest BCUT2D eigenvalue weighted by Crippen LogP contribution is 2.28. The first kappa shape index (κ1) is 25.1. The molecular weight excluding hydrogens is 466 g/mol. The molecule has 0 radical (unpaired) electrons. The fraction of sp³-hybridized carbons (Fsp3) is 0.483. The van der Waals surface area contributed by atoms with Gasteiger partial charge in [0.1, 0.15) is 17.5 Å². The Bertz CT molecular complexity index is 1290. The molecule has 2 aliphatic rings. The largest absolute Gasteiger partial charge is 0.444 e. The van der Waals surface area contributed by atoms with E-state index in [1.54, 1.807) is 4.90 Å². The van der Waals surface area contributed by atoms with Crippen molar-refractivity contribution in [3.05, 3.63) is 48.5 Å². The van der Waals surface area contributed by atoms with Crippen LogP contribution < -0.4 is 4.90 Å². The van der Waals surface area contributed by atoms with Crippen LogP contribution in [0.2, 0.25) is 0 Å². The molecule has 2 aromatic carbocycles. The van der Waals surface area contributed by atoms with E-state index in [0.717, 1.165) is 54.0 Å². The van der Waals surface area contributed by atoms with E-state index < -0.39 is 11.6 Å². The van der Waals surface area contributed by atoms with Crippen molar-refractivity contribution in [2.24, 2.45) is 7.05 Å². The lowest BCUT2D eigenvalue weighted by molar-refractivity contribution is -0.138. The van der Waals surface area contributed by atoms with Crippen LogP contribution in [-0.2, 0) is 16.6 Å². The van der Waals surface area contributed by atoms with E-state index >= 15 is 0 Å². The minimum Gasteiger partial charge on any atom is -0.444 e. The predicted octanol–water partition coefficient (Wildman–Crippen LogP) is 4.68. The van der Waals surface area contributed by atoms with Crippen molar-refractivity contribution in [2.45, 2.75) is 51.7 Å². The fourth-order valence-corrected chi connectivity index (χ4v) is 5.37. The quantitative estimate of drug-likeness (QED) is 0.519. The lowest BCUT2D eigenvalue weighted by Crippen LogP contribution is -2.57. The Hall–Kier alpha value is -3.55. The van der Waals surface area contributed by atoms with Crippen molar-refractivity contribution >= 4 is 28.7 Å². The Balaban J connectivity index is 1.26. The number of carbonyl (C=O) groups excluding carboxylic acids is 2. The first-order chi connectivity index (χ1) is 17.7. The molecule has 0 unspecified atom stereocenters. The lowest BCUT2D eigenvalue weighted by Gasteiger charge is -2.41. The van der Waals surface area contributed by atoms with Crippen molar-refractivity contribution in [3.63, 3.8) is 0 Å². The number of likely N-dealkylation sites (tertiary alicyclic amines) is 1. The van der Waals surface area contributed by atoms with Crippen LogP contribution in [0.4, 0.5) is 10.5 Å². The van der Waals surface area contributed by atoms with Crippen LogP contribution in [-0.4, -0.2) is 75.7 Å². The lowest BCUT2D eigenvalue weighted by atomic mass is 10.0. The zero-order valence-electron chi connectivity index (χ0n) is 22.3. The molecule has 0 N–H and O–H groups in total. The molecule has 2 saturated heterocycles. The maximum atomic E-state index is 13.5. The summed E-state index contributed by atoms with van der Waals surface area (Å²) < 4.78 is 7.73. The van der Waals surface area contributed by atoms with Crippen LogP contribution in [0.1, 0.15) is 40.0 Å². The van der Waals surface area contributed by atoms with Crippen LogP contribution in [0.5, 0.6) is 0 Å². The number of piperazine rings is 1. The number of aromatic nitrogens is 2. The molecule has 2 fully saturated rings. The second kappa shape index (κ2) is 10.1. The Labute approximate surface area is 218 Å². The van der Waals surface area contributed by atoms with E-state index in [1.165, 1.54) is 0 Å². The number of anilines is 1. The van der Waals surface area contributed by atoms with Gasteiger partial charge < -0.3 is 19.1 Å². The number of hydrogen-bond acceptors (Lipinski definition) is 5. The highest BCUT2D eigenvalue weighted by molar-refractivity contribution is 5.86. The minimum atomic E-state index is -0.579. The van der Waals surface area contributed by atoms with E-state index in [1.807, 2.05) is 50.9 Å². The highest BCUT2D eigenvalue weighted by Gasteiger charge is 2.37. The van der Waals surface area contributed by atoms with Crippen molar-refractivity contribution in [3.8, 4) is 11.4 Å². The average molecular weight is 504 g/mol. The van der Waals surface area contributed by atoms with Gasteiger partial charge in [-0.3, -0.25) is 9.69 Å². The summed E-state index contributed by atoms with van der Waals surface area (Å²) in [6.07, 6.45) is 2.16. The van der Waals surface area contributed by atoms with Crippen LogP contribution in [0.25, 0.3) is 22.4 Å². The van der Waals surface area contributed by atoms with Gasteiger partial charge in [-0.15, -0.1) is 0 Å². The van der Waals surface area contributed by atoms with Gasteiger partial charge in [0.15, 0.2) is 0 Å². The zero-order chi connectivity index (χ0) is 26.2. The number of rotatable bonds is 3. The SMILES string of the molecule is Cn1c(-c2cccc(N3CCN(C(=O)[C@@H]4CCCCN4C(=O)OC(C)(C)C)CC3)c2)nc2ccccc21. The van der Waals surface area contributed by atoms with E-state index in [0.29, 0.717) is 26.1 Å². The molecule has 0 aliphatic carbocycles. The van der Waals surface area contributed by atoms with Crippen molar-refractivity contribution in [1.29, 1.82) is 0 Å². The molecular formula is C29H37N5O3. The summed E-state index contributed by atoms with van der Waals surface area (Å²) in [5, 5.41) is 0. The van der Waals surface area contributed by atoms with Crippen molar-refractivity contribution < 1.29 is 14.3 Å². The molecule has 1 aromatic heterocycles. The highest BCUT2D eigenvalue weighted by atomic mass is 16.6. The Kier molecular flexibility index (Phi) is 6.84. The second-order valence-corrected chi connectivity index (χ2v) is 11.0. The Morgan fingerprint density at radius 2 is 1.70 bits per heavy atom. The standard InChI is InChI=1S/C29H37N5O3/c1-29(2,3)37-28(36)34-15-8-7-14-25(34)27(35)33-18-16-32(17-19-33)22-11-9-10-21(20-22)26-30-23-12-5-6-13-24(23)31(26)4/h5-6,9-13,20,25H,7-8,14-19H2,1-4H3/t25-/m0/s1. The monoisotopic (exact) mass is 503 g/mol. The summed E-state index contributed by atoms with van der Waals surface area (Å²) in [6, 6.07) is 16.2. The third-order valence-electron chi connectivity index (χ3n) is 7.26. The number of imidazole rings is 1. The van der Waals surface area contributed by atoms with E-state index in [2.05, 4.69) is 39.8 Å². The first-order valence-corrected chi connectivity index (χ1v) is 13.3. The summed E-state index contributed by atoms with van der Waals surface area (Å²) in [5.41, 5.74) is 3.72. The van der Waals surface area contributed by atoms with Gasteiger partial charge in [0.2, 0.25) is 5.91 Å². The molecule has 0 spiro atoms. The number of para-hydroxylation sites is 2. The van der Waals surface area contributed by atoms with Crippen molar-refractivity contribution in [2.75, 3.05) is 37.6 Å². The number of fused-ring (bicyclic) bond motifs is 1. The summed E-state index contributed by atoms with van der Waals surface area (Å²) in [6.45, 7) is 8.90. The molecule has 5 rings (SSSR count). The number of carbonyl (C=O) groups is 2. The molecule has 2 aliphatic heterocycles. The van der Waals surface area contributed by atoms with Gasteiger partial charge in [-0.2, -0.15) is 0 Å².